The molecule has 0 amide bonds. The van der Waals surface area contributed by atoms with Crippen molar-refractivity contribution in [2.75, 3.05) is 0 Å². The minimum atomic E-state index is -4.62. The molecule has 0 saturated heterocycles. The van der Waals surface area contributed by atoms with Crippen LogP contribution in [0.25, 0.3) is 45.9 Å². The molecule has 0 atom stereocenters. The first-order chi connectivity index (χ1) is 15.9. The molecule has 0 aromatic carbocycles. The lowest BCUT2D eigenvalue weighted by Crippen LogP contribution is -2.01. The second kappa shape index (κ2) is 7.16. The molecule has 3 N–H and O–H groups in total. The molecule has 0 unspecified atom stereocenters. The first-order valence-electron chi connectivity index (χ1n) is 10.1. The molecule has 0 radical (unpaired) electrons. The molecule has 6 rings (SSSR count). The van der Waals surface area contributed by atoms with Gasteiger partial charge in [0.25, 0.3) is 10.1 Å². The van der Waals surface area contributed by atoms with Crippen molar-refractivity contribution in [2.45, 2.75) is 4.90 Å². The standard InChI is InChI=1S/C24H16N4O4S/c29-33(30,31)24-20-8-7-17(27-20)11-16-4-3-14(25-16)10-15-5-6-18(26-15)12-21-19(13-22(24)28-21)23-2-1-9-32-23/h1-13,25,27H,(H,29,30,31). The van der Waals surface area contributed by atoms with Gasteiger partial charge in [-0.3, -0.25) is 4.55 Å². The maximum Gasteiger partial charge on any atom is 0.298 e. The molecule has 2 aliphatic rings. The molecule has 4 aromatic rings. The van der Waals surface area contributed by atoms with Crippen molar-refractivity contribution < 1.29 is 17.4 Å². The zero-order valence-corrected chi connectivity index (χ0v) is 17.8. The third-order valence-corrected chi connectivity index (χ3v) is 6.29. The van der Waals surface area contributed by atoms with E-state index < -0.39 is 10.1 Å². The number of nitrogens with one attached hydrogen (secondary N) is 2. The molecule has 33 heavy (non-hydrogen) atoms. The van der Waals surface area contributed by atoms with Crippen LogP contribution in [0.5, 0.6) is 0 Å². The van der Waals surface area contributed by atoms with E-state index >= 15 is 0 Å². The molecule has 9 heteroatoms. The van der Waals surface area contributed by atoms with Gasteiger partial charge >= 0.3 is 0 Å². The third kappa shape index (κ3) is 3.59. The van der Waals surface area contributed by atoms with Crippen LogP contribution in [0.2, 0.25) is 0 Å². The van der Waals surface area contributed by atoms with E-state index in [9.17, 15) is 13.0 Å². The van der Waals surface area contributed by atoms with E-state index in [1.165, 1.54) is 6.26 Å². The van der Waals surface area contributed by atoms with Crippen molar-refractivity contribution in [3.05, 3.63) is 89.4 Å². The van der Waals surface area contributed by atoms with Gasteiger partial charge in [-0.1, -0.05) is 0 Å². The zero-order chi connectivity index (χ0) is 22.6. The highest BCUT2D eigenvalue weighted by Crippen LogP contribution is 2.32. The number of hydrogen-bond donors (Lipinski definition) is 3. The van der Waals surface area contributed by atoms with Gasteiger partial charge in [0, 0.05) is 22.1 Å². The average molecular weight is 456 g/mol. The summed E-state index contributed by atoms with van der Waals surface area (Å²) in [5, 5.41) is 0. The van der Waals surface area contributed by atoms with Crippen molar-refractivity contribution in [3.8, 4) is 0 Å². The van der Waals surface area contributed by atoms with Crippen molar-refractivity contribution in [1.29, 1.82) is 0 Å². The molecule has 6 heterocycles. The summed E-state index contributed by atoms with van der Waals surface area (Å²) in [6.07, 6.45) is 6.85. The summed E-state index contributed by atoms with van der Waals surface area (Å²) >= 11 is 0. The SMILES string of the molecule is O=S(=O)(O)c1c2nc(cc3nc(cc4ccc(cc5ccc1[nH]5)[nH]4)C=C3)C(c1ccco1)=C2. The van der Waals surface area contributed by atoms with Gasteiger partial charge in [0.1, 0.15) is 10.7 Å². The zero-order valence-electron chi connectivity index (χ0n) is 17.0. The number of H-pyrrole nitrogens is 2. The maximum atomic E-state index is 12.4. The van der Waals surface area contributed by atoms with E-state index in [0.29, 0.717) is 28.2 Å². The Bertz CT molecular complexity index is 1740. The van der Waals surface area contributed by atoms with Crippen LogP contribution in [-0.2, 0) is 10.1 Å². The quantitative estimate of drug-likeness (QED) is 0.318. The van der Waals surface area contributed by atoms with Crippen LogP contribution in [0.4, 0.5) is 0 Å². The highest BCUT2D eigenvalue weighted by Gasteiger charge is 2.24. The number of aromatic amines is 2. The van der Waals surface area contributed by atoms with Crippen LogP contribution in [-0.4, -0.2) is 32.9 Å². The second-order valence-electron chi connectivity index (χ2n) is 7.65. The van der Waals surface area contributed by atoms with Gasteiger partial charge in [-0.25, -0.2) is 9.97 Å². The van der Waals surface area contributed by atoms with E-state index in [2.05, 4.69) is 19.9 Å². The molecular weight excluding hydrogens is 440 g/mol. The van der Waals surface area contributed by atoms with Gasteiger partial charge in [-0.2, -0.15) is 8.42 Å². The Kier molecular flexibility index (Phi) is 4.22. The lowest BCUT2D eigenvalue weighted by molar-refractivity contribution is 0.483. The number of aromatic nitrogens is 4. The second-order valence-corrected chi connectivity index (χ2v) is 9.00. The molecule has 0 saturated carbocycles. The molecule has 2 aliphatic heterocycles. The van der Waals surface area contributed by atoms with Crippen LogP contribution in [0, 0.1) is 0 Å². The molecule has 0 aliphatic carbocycles. The van der Waals surface area contributed by atoms with Crippen LogP contribution in [0.1, 0.15) is 28.5 Å². The smallest absolute Gasteiger partial charge is 0.298 e. The van der Waals surface area contributed by atoms with E-state index in [-0.39, 0.29) is 16.1 Å². The molecule has 0 fully saturated rings. The van der Waals surface area contributed by atoms with E-state index in [1.54, 1.807) is 36.4 Å². The normalized spacial score (nSPS) is 13.3. The van der Waals surface area contributed by atoms with Gasteiger partial charge in [0.15, 0.2) is 0 Å². The maximum absolute atomic E-state index is 12.4. The van der Waals surface area contributed by atoms with Crippen LogP contribution < -0.4 is 0 Å². The summed E-state index contributed by atoms with van der Waals surface area (Å²) in [4.78, 5) is 15.2. The number of furan rings is 1. The van der Waals surface area contributed by atoms with Crippen molar-refractivity contribution >= 4 is 56.0 Å². The fraction of sp³-hybridized carbons (Fsp3) is 0. The predicted octanol–water partition coefficient (Wildman–Crippen LogP) is 4.91. The highest BCUT2D eigenvalue weighted by molar-refractivity contribution is 7.86. The van der Waals surface area contributed by atoms with Gasteiger partial charge in [0.05, 0.1) is 34.6 Å². The molecule has 162 valence electrons. The Morgan fingerprint density at radius 3 is 2.33 bits per heavy atom. The number of fused-ring (bicyclic) bond motifs is 8. The minimum absolute atomic E-state index is 0.0937. The van der Waals surface area contributed by atoms with Gasteiger partial charge in [-0.05, 0) is 72.8 Å². The third-order valence-electron chi connectivity index (χ3n) is 5.34. The molecule has 0 spiro atoms. The predicted molar refractivity (Wildman–Crippen MR) is 125 cm³/mol. The van der Waals surface area contributed by atoms with Crippen LogP contribution >= 0.6 is 0 Å². The lowest BCUT2D eigenvalue weighted by atomic mass is 10.1. The van der Waals surface area contributed by atoms with Gasteiger partial charge in [0.2, 0.25) is 0 Å². The Balaban J connectivity index is 1.77. The Morgan fingerprint density at radius 2 is 1.58 bits per heavy atom. The number of nitrogens with zero attached hydrogens (tertiary/aromatic N) is 2. The topological polar surface area (TPSA) is 125 Å². The fourth-order valence-corrected chi connectivity index (χ4v) is 4.71. The van der Waals surface area contributed by atoms with Crippen LogP contribution in [0.3, 0.4) is 0 Å². The fourth-order valence-electron chi connectivity index (χ4n) is 3.95. The van der Waals surface area contributed by atoms with Crippen molar-refractivity contribution in [3.63, 3.8) is 0 Å². The first-order valence-corrected chi connectivity index (χ1v) is 11.5. The summed E-state index contributed by atoms with van der Waals surface area (Å²) in [7, 11) is -4.62. The average Bonchev–Trinajstić information content (AvgIpc) is 3.55. The lowest BCUT2D eigenvalue weighted by Gasteiger charge is -1.98. The van der Waals surface area contributed by atoms with E-state index in [1.807, 2.05) is 36.4 Å². The van der Waals surface area contributed by atoms with Gasteiger partial charge < -0.3 is 14.4 Å². The Morgan fingerprint density at radius 1 is 0.848 bits per heavy atom. The number of hydrogen-bond acceptors (Lipinski definition) is 5. The summed E-state index contributed by atoms with van der Waals surface area (Å²) in [5.74, 6) is 0.519. The monoisotopic (exact) mass is 456 g/mol. The summed E-state index contributed by atoms with van der Waals surface area (Å²) < 4.78 is 40.5. The largest absolute Gasteiger partial charge is 0.464 e. The highest BCUT2D eigenvalue weighted by atomic mass is 32.2. The number of rotatable bonds is 2. The van der Waals surface area contributed by atoms with E-state index in [0.717, 1.165) is 16.7 Å². The Labute approximate surface area is 187 Å². The molecular formula is C24H16N4O4S. The van der Waals surface area contributed by atoms with E-state index in [4.69, 9.17) is 4.42 Å². The first kappa shape index (κ1) is 19.5. The summed E-state index contributed by atoms with van der Waals surface area (Å²) in [5.41, 5.74) is 5.14. The van der Waals surface area contributed by atoms with Gasteiger partial charge in [-0.15, -0.1) is 0 Å². The minimum Gasteiger partial charge on any atom is -0.464 e. The van der Waals surface area contributed by atoms with Crippen molar-refractivity contribution in [2.24, 2.45) is 0 Å². The molecule has 8 bridgehead atoms. The molecule has 4 aromatic heterocycles. The summed E-state index contributed by atoms with van der Waals surface area (Å²) in [6, 6.07) is 16.2. The molecule has 8 nitrogen and oxygen atoms in total. The van der Waals surface area contributed by atoms with Crippen molar-refractivity contribution in [1.82, 2.24) is 19.9 Å². The summed E-state index contributed by atoms with van der Waals surface area (Å²) in [6.45, 7) is 0. The van der Waals surface area contributed by atoms with Crippen LogP contribution in [0.15, 0.2) is 70.2 Å². The Hall–Kier alpha value is -4.21.